The lowest BCUT2D eigenvalue weighted by Crippen LogP contribution is -2.61. The molecule has 2 aromatic rings. The van der Waals surface area contributed by atoms with Crippen LogP contribution >= 0.6 is 22.9 Å². The summed E-state index contributed by atoms with van der Waals surface area (Å²) in [6.45, 7) is 3.22. The minimum Gasteiger partial charge on any atom is -0.469 e. The van der Waals surface area contributed by atoms with Crippen molar-refractivity contribution in [3.05, 3.63) is 56.2 Å². The Morgan fingerprint density at radius 2 is 2.00 bits per heavy atom. The van der Waals surface area contributed by atoms with Gasteiger partial charge in [-0.2, -0.15) is 0 Å². The van der Waals surface area contributed by atoms with E-state index in [0.717, 1.165) is 20.3 Å². The van der Waals surface area contributed by atoms with Gasteiger partial charge in [-0.05, 0) is 24.1 Å². The lowest BCUT2D eigenvalue weighted by molar-refractivity contribution is -0.262. The molecule has 4 rings (SSSR count). The fourth-order valence-corrected chi connectivity index (χ4v) is 5.12. The maximum atomic E-state index is 10.6. The second kappa shape index (κ2) is 7.40. The average molecular weight is 424 g/mol. The number of benzene rings is 1. The van der Waals surface area contributed by atoms with Crippen LogP contribution < -0.4 is 0 Å². The summed E-state index contributed by atoms with van der Waals surface area (Å²) in [5, 5.41) is 30.4. The van der Waals surface area contributed by atoms with Gasteiger partial charge in [0.15, 0.2) is 12.0 Å². The Kier molecular flexibility index (Phi) is 5.24. The van der Waals surface area contributed by atoms with Crippen LogP contribution in [0.3, 0.4) is 0 Å². The molecular weight excluding hydrogens is 402 g/mol. The zero-order chi connectivity index (χ0) is 20.1. The number of hydrogen-bond acceptors (Lipinski definition) is 7. The number of nitrogens with zero attached hydrogens (tertiary/aromatic N) is 1. The summed E-state index contributed by atoms with van der Waals surface area (Å²) in [5.74, 6) is 0.362. The number of aliphatic hydroxyl groups excluding tert-OH is 3. The van der Waals surface area contributed by atoms with Crippen molar-refractivity contribution in [3.8, 4) is 0 Å². The van der Waals surface area contributed by atoms with Gasteiger partial charge in [0.1, 0.15) is 18.3 Å². The van der Waals surface area contributed by atoms with Crippen molar-refractivity contribution in [3.63, 3.8) is 0 Å². The van der Waals surface area contributed by atoms with Gasteiger partial charge in [0.05, 0.1) is 10.9 Å². The first kappa shape index (κ1) is 19.8. The van der Waals surface area contributed by atoms with E-state index in [9.17, 15) is 15.3 Å². The molecule has 150 valence electrons. The number of rotatable bonds is 4. The summed E-state index contributed by atoms with van der Waals surface area (Å²) >= 11 is 7.74. The zero-order valence-electron chi connectivity index (χ0n) is 15.5. The molecule has 1 aromatic carbocycles. The highest BCUT2D eigenvalue weighted by molar-refractivity contribution is 7.16. The van der Waals surface area contributed by atoms with Gasteiger partial charge in [-0.1, -0.05) is 35.9 Å². The molecule has 1 saturated heterocycles. The number of ether oxygens (including phenoxy) is 2. The van der Waals surface area contributed by atoms with E-state index < -0.39 is 36.7 Å². The molecule has 0 bridgehead atoms. The van der Waals surface area contributed by atoms with Crippen LogP contribution in [0, 0.1) is 6.92 Å². The van der Waals surface area contributed by atoms with E-state index in [1.165, 1.54) is 0 Å². The predicted molar refractivity (Wildman–Crippen MR) is 107 cm³/mol. The lowest BCUT2D eigenvalue weighted by atomic mass is 9.86. The van der Waals surface area contributed by atoms with E-state index in [0.29, 0.717) is 17.9 Å². The third kappa shape index (κ3) is 3.26. The molecule has 2 unspecified atom stereocenters. The first-order valence-electron chi connectivity index (χ1n) is 9.06. The molecule has 0 saturated carbocycles. The molecule has 5 atom stereocenters. The Morgan fingerprint density at radius 1 is 1.21 bits per heavy atom. The van der Waals surface area contributed by atoms with Crippen LogP contribution in [-0.4, -0.2) is 52.2 Å². The maximum absolute atomic E-state index is 10.6. The molecule has 8 heteroatoms. The highest BCUT2D eigenvalue weighted by Gasteiger charge is 2.59. The summed E-state index contributed by atoms with van der Waals surface area (Å²) in [4.78, 5) is 5.68. The Morgan fingerprint density at radius 3 is 2.68 bits per heavy atom. The minimum absolute atomic E-state index is 0.362. The van der Waals surface area contributed by atoms with Crippen LogP contribution in [-0.2, 0) is 21.6 Å². The third-order valence-corrected chi connectivity index (χ3v) is 6.74. The number of aliphatic hydroxyl groups is 3. The average Bonchev–Trinajstić information content (AvgIpc) is 3.17. The highest BCUT2D eigenvalue weighted by atomic mass is 35.5. The summed E-state index contributed by atoms with van der Waals surface area (Å²) in [6.07, 6.45) is -3.66. The maximum Gasteiger partial charge on any atom is 0.228 e. The fraction of sp³-hybridized carbons (Fsp3) is 0.450. The second-order valence-electron chi connectivity index (χ2n) is 7.23. The fourth-order valence-electron chi connectivity index (χ4n) is 3.84. The van der Waals surface area contributed by atoms with Gasteiger partial charge in [0, 0.05) is 23.8 Å². The quantitative estimate of drug-likeness (QED) is 0.702. The Labute approximate surface area is 172 Å². The Balaban J connectivity index is 1.71. The minimum atomic E-state index is -1.31. The van der Waals surface area contributed by atoms with Crippen molar-refractivity contribution < 1.29 is 24.8 Å². The van der Waals surface area contributed by atoms with E-state index >= 15 is 0 Å². The molecule has 0 amide bonds. The van der Waals surface area contributed by atoms with Gasteiger partial charge in [0.25, 0.3) is 0 Å². The van der Waals surface area contributed by atoms with Gasteiger partial charge in [0.2, 0.25) is 5.72 Å². The molecule has 28 heavy (non-hydrogen) atoms. The number of thiophene rings is 1. The number of hydrogen-bond donors (Lipinski definition) is 3. The van der Waals surface area contributed by atoms with Gasteiger partial charge in [-0.25, -0.2) is 4.99 Å². The van der Waals surface area contributed by atoms with Gasteiger partial charge in [-0.15, -0.1) is 11.3 Å². The molecule has 2 aliphatic rings. The standard InChI is InChI=1S/C20H22ClNO5S/c1-10-6-14(28-19(10)21)8-12-4-3-5-13(7-12)20-18(26-11(2)22-20)17(25)16(24)15(9-23)27-20/h3-7,15-18,23-25H,8-9H2,1-2H3/t15-,16-,17+,18?,20?/m1/s1. The second-order valence-corrected chi connectivity index (χ2v) is 8.97. The SMILES string of the molecule is CC1=NC2(c3cccc(Cc4cc(C)c(Cl)s4)c3)O[C@H](CO)[C@@H](O)[C@H](O)C2O1. The van der Waals surface area contributed by atoms with Crippen LogP contribution in [0.1, 0.15) is 28.5 Å². The smallest absolute Gasteiger partial charge is 0.228 e. The third-order valence-electron chi connectivity index (χ3n) is 5.19. The molecule has 3 N–H and O–H groups in total. The van der Waals surface area contributed by atoms with Crippen molar-refractivity contribution in [2.75, 3.05) is 6.61 Å². The van der Waals surface area contributed by atoms with E-state index in [1.807, 2.05) is 31.2 Å². The summed E-state index contributed by atoms with van der Waals surface area (Å²) in [6, 6.07) is 9.78. The summed E-state index contributed by atoms with van der Waals surface area (Å²) in [5.41, 5.74) is 1.48. The monoisotopic (exact) mass is 423 g/mol. The first-order valence-corrected chi connectivity index (χ1v) is 10.3. The van der Waals surface area contributed by atoms with Crippen molar-refractivity contribution in [1.29, 1.82) is 0 Å². The van der Waals surface area contributed by atoms with Crippen LogP contribution in [0.4, 0.5) is 0 Å². The van der Waals surface area contributed by atoms with Crippen molar-refractivity contribution in [2.24, 2.45) is 4.99 Å². The topological polar surface area (TPSA) is 91.5 Å². The van der Waals surface area contributed by atoms with Crippen LogP contribution in [0.15, 0.2) is 35.3 Å². The van der Waals surface area contributed by atoms with E-state index in [-0.39, 0.29) is 0 Å². The van der Waals surface area contributed by atoms with E-state index in [2.05, 4.69) is 11.1 Å². The molecule has 1 aromatic heterocycles. The molecule has 6 nitrogen and oxygen atoms in total. The van der Waals surface area contributed by atoms with Crippen molar-refractivity contribution >= 4 is 28.8 Å². The molecule has 0 radical (unpaired) electrons. The number of aliphatic imine (C=N–C) groups is 1. The first-order chi connectivity index (χ1) is 13.3. The molecule has 0 aliphatic carbocycles. The Hall–Kier alpha value is -1.48. The molecule has 3 heterocycles. The lowest BCUT2D eigenvalue weighted by Gasteiger charge is -2.44. The largest absolute Gasteiger partial charge is 0.469 e. The number of aryl methyl sites for hydroxylation is 1. The van der Waals surface area contributed by atoms with E-state index in [4.69, 9.17) is 21.1 Å². The Bertz CT molecular complexity index is 896. The van der Waals surface area contributed by atoms with Crippen LogP contribution in [0.2, 0.25) is 4.34 Å². The zero-order valence-corrected chi connectivity index (χ0v) is 17.1. The highest BCUT2D eigenvalue weighted by Crippen LogP contribution is 2.45. The molecule has 2 aliphatic heterocycles. The summed E-state index contributed by atoms with van der Waals surface area (Å²) in [7, 11) is 0. The van der Waals surface area contributed by atoms with Gasteiger partial charge >= 0.3 is 0 Å². The normalized spacial score (nSPS) is 32.0. The van der Waals surface area contributed by atoms with Crippen molar-refractivity contribution in [2.45, 2.75) is 50.4 Å². The summed E-state index contributed by atoms with van der Waals surface area (Å²) < 4.78 is 12.5. The van der Waals surface area contributed by atoms with E-state index in [1.54, 1.807) is 18.3 Å². The van der Waals surface area contributed by atoms with Crippen LogP contribution in [0.25, 0.3) is 0 Å². The van der Waals surface area contributed by atoms with Gasteiger partial charge in [-0.3, -0.25) is 0 Å². The molecule has 0 spiro atoms. The van der Waals surface area contributed by atoms with Gasteiger partial charge < -0.3 is 24.8 Å². The molecule has 1 fully saturated rings. The number of fused-ring (bicyclic) bond motifs is 1. The van der Waals surface area contributed by atoms with Crippen molar-refractivity contribution in [1.82, 2.24) is 0 Å². The molecular formula is C20H22ClNO5S. The number of halogens is 1. The predicted octanol–water partition coefficient (Wildman–Crippen LogP) is 2.38. The van der Waals surface area contributed by atoms with Crippen LogP contribution in [0.5, 0.6) is 0 Å².